The Morgan fingerprint density at radius 2 is 1.95 bits per heavy atom. The summed E-state index contributed by atoms with van der Waals surface area (Å²) >= 11 is 1.33. The van der Waals surface area contributed by atoms with Gasteiger partial charge in [0, 0.05) is 18.0 Å². The fourth-order valence-corrected chi connectivity index (χ4v) is 5.78. The van der Waals surface area contributed by atoms with E-state index in [4.69, 9.17) is 0 Å². The highest BCUT2D eigenvalue weighted by Crippen LogP contribution is 2.44. The second-order valence-corrected chi connectivity index (χ2v) is 10.3. The molecule has 0 fully saturated rings. The Bertz CT molecular complexity index is 1650. The SMILES string of the molecule is Cc1cc(Nc2cc(C(F)(F)F)ccn2)nc(-c2cnc([C@@]3(O)CCCc4cc(-c5nn[nH]n5)ccc43)s2)c1. The number of aromatic nitrogens is 7. The van der Waals surface area contributed by atoms with E-state index in [1.165, 1.54) is 11.3 Å². The maximum atomic E-state index is 13.1. The topological polar surface area (TPSA) is 125 Å². The molecular formula is C26H21F3N8OS. The molecule has 4 heterocycles. The van der Waals surface area contributed by atoms with Gasteiger partial charge in [-0.2, -0.15) is 18.4 Å². The van der Waals surface area contributed by atoms with E-state index >= 15 is 0 Å². The monoisotopic (exact) mass is 550 g/mol. The van der Waals surface area contributed by atoms with E-state index in [1.807, 2.05) is 31.2 Å². The summed E-state index contributed by atoms with van der Waals surface area (Å²) in [5, 5.41) is 29.4. The van der Waals surface area contributed by atoms with Crippen molar-refractivity contribution in [3.05, 3.63) is 82.1 Å². The minimum atomic E-state index is -4.48. The Labute approximate surface area is 224 Å². The number of H-pyrrole nitrogens is 1. The number of pyridine rings is 2. The molecule has 1 atom stereocenters. The first-order chi connectivity index (χ1) is 18.7. The zero-order chi connectivity index (χ0) is 27.2. The molecule has 0 radical (unpaired) electrons. The van der Waals surface area contributed by atoms with Crippen LogP contribution < -0.4 is 5.32 Å². The maximum absolute atomic E-state index is 13.1. The molecule has 9 nitrogen and oxygen atoms in total. The molecule has 1 aliphatic rings. The van der Waals surface area contributed by atoms with Gasteiger partial charge in [-0.25, -0.2) is 15.0 Å². The molecule has 6 rings (SSSR count). The number of halogens is 3. The highest BCUT2D eigenvalue weighted by molar-refractivity contribution is 7.15. The molecular weight excluding hydrogens is 529 g/mol. The van der Waals surface area contributed by atoms with Gasteiger partial charge in [0.15, 0.2) is 0 Å². The number of aromatic amines is 1. The first kappa shape index (κ1) is 25.1. The average molecular weight is 551 g/mol. The van der Waals surface area contributed by atoms with Gasteiger partial charge in [-0.1, -0.05) is 12.1 Å². The van der Waals surface area contributed by atoms with E-state index in [9.17, 15) is 18.3 Å². The zero-order valence-electron chi connectivity index (χ0n) is 20.5. The minimum Gasteiger partial charge on any atom is -0.378 e. The molecule has 1 aliphatic carbocycles. The third-order valence-electron chi connectivity index (χ3n) is 6.56. The number of rotatable bonds is 5. The van der Waals surface area contributed by atoms with Gasteiger partial charge >= 0.3 is 6.18 Å². The number of hydrogen-bond acceptors (Lipinski definition) is 9. The van der Waals surface area contributed by atoms with E-state index in [0.717, 1.165) is 58.3 Å². The third kappa shape index (κ3) is 4.86. The summed E-state index contributed by atoms with van der Waals surface area (Å²) in [5.74, 6) is 0.869. The van der Waals surface area contributed by atoms with Gasteiger partial charge in [0.25, 0.3) is 0 Å². The molecule has 1 aromatic carbocycles. The van der Waals surface area contributed by atoms with Crippen molar-refractivity contribution >= 4 is 23.0 Å². The van der Waals surface area contributed by atoms with Crippen LogP contribution in [-0.4, -0.2) is 40.7 Å². The highest BCUT2D eigenvalue weighted by atomic mass is 32.1. The number of aliphatic hydroxyl groups is 1. The van der Waals surface area contributed by atoms with E-state index in [0.29, 0.717) is 28.8 Å². The number of nitrogens with one attached hydrogen (secondary N) is 2. The molecule has 5 aromatic rings. The van der Waals surface area contributed by atoms with Gasteiger partial charge in [0.2, 0.25) is 5.82 Å². The second-order valence-electron chi connectivity index (χ2n) is 9.32. The van der Waals surface area contributed by atoms with Gasteiger partial charge in [0.05, 0.1) is 16.1 Å². The summed E-state index contributed by atoms with van der Waals surface area (Å²) in [6.07, 6.45) is 0.383. The van der Waals surface area contributed by atoms with Crippen LogP contribution in [0, 0.1) is 6.92 Å². The molecule has 13 heteroatoms. The molecule has 0 aliphatic heterocycles. The van der Waals surface area contributed by atoms with E-state index in [1.54, 1.807) is 12.3 Å². The van der Waals surface area contributed by atoms with Gasteiger partial charge in [-0.05, 0) is 78.4 Å². The molecule has 3 N–H and O–H groups in total. The molecule has 39 heavy (non-hydrogen) atoms. The zero-order valence-corrected chi connectivity index (χ0v) is 21.3. The van der Waals surface area contributed by atoms with Crippen LogP contribution in [0.25, 0.3) is 22.0 Å². The first-order valence-corrected chi connectivity index (χ1v) is 12.9. The Kier molecular flexibility index (Phi) is 6.11. The summed E-state index contributed by atoms with van der Waals surface area (Å²) < 4.78 is 39.3. The lowest BCUT2D eigenvalue weighted by Gasteiger charge is -2.33. The van der Waals surface area contributed by atoms with Crippen molar-refractivity contribution in [2.75, 3.05) is 5.32 Å². The maximum Gasteiger partial charge on any atom is 0.416 e. The van der Waals surface area contributed by atoms with Gasteiger partial charge in [-0.15, -0.1) is 21.5 Å². The van der Waals surface area contributed by atoms with Crippen LogP contribution in [0.4, 0.5) is 24.8 Å². The summed E-state index contributed by atoms with van der Waals surface area (Å²) in [6.45, 7) is 1.87. The Morgan fingerprint density at radius 3 is 2.74 bits per heavy atom. The number of nitrogens with zero attached hydrogens (tertiary/aromatic N) is 6. The number of benzene rings is 1. The summed E-state index contributed by atoms with van der Waals surface area (Å²) in [5.41, 5.74) is 1.96. The van der Waals surface area contributed by atoms with Crippen LogP contribution in [0.5, 0.6) is 0 Å². The largest absolute Gasteiger partial charge is 0.416 e. The predicted octanol–water partition coefficient (Wildman–Crippen LogP) is 5.42. The van der Waals surface area contributed by atoms with Crippen molar-refractivity contribution in [1.82, 2.24) is 35.6 Å². The second kappa shape index (κ2) is 9.50. The van der Waals surface area contributed by atoms with Crippen LogP contribution in [0.15, 0.2) is 54.9 Å². The fraction of sp³-hybridized carbons (Fsp3) is 0.231. The van der Waals surface area contributed by atoms with Crippen LogP contribution in [0.1, 0.15) is 40.1 Å². The number of hydrogen-bond donors (Lipinski definition) is 3. The number of thiazole rings is 1. The minimum absolute atomic E-state index is 0.0344. The van der Waals surface area contributed by atoms with Crippen molar-refractivity contribution in [2.45, 2.75) is 38.0 Å². The predicted molar refractivity (Wildman–Crippen MR) is 138 cm³/mol. The molecule has 198 valence electrons. The van der Waals surface area contributed by atoms with Crippen molar-refractivity contribution in [2.24, 2.45) is 0 Å². The average Bonchev–Trinajstić information content (AvgIpc) is 3.61. The number of tetrazole rings is 1. The molecule has 0 saturated carbocycles. The van der Waals surface area contributed by atoms with Gasteiger partial charge in [0.1, 0.15) is 22.2 Å². The molecule has 0 unspecified atom stereocenters. The lowest BCUT2D eigenvalue weighted by molar-refractivity contribution is -0.137. The Morgan fingerprint density at radius 1 is 1.08 bits per heavy atom. The normalized spacial score (nSPS) is 17.2. The first-order valence-electron chi connectivity index (χ1n) is 12.0. The lowest BCUT2D eigenvalue weighted by Crippen LogP contribution is -2.31. The highest BCUT2D eigenvalue weighted by Gasteiger charge is 2.39. The molecule has 0 spiro atoms. The van der Waals surface area contributed by atoms with Crippen molar-refractivity contribution in [3.8, 4) is 22.0 Å². The lowest BCUT2D eigenvalue weighted by atomic mass is 9.79. The fourth-order valence-electron chi connectivity index (χ4n) is 4.77. The quantitative estimate of drug-likeness (QED) is 0.265. The van der Waals surface area contributed by atoms with E-state index in [-0.39, 0.29) is 5.82 Å². The number of alkyl halides is 3. The van der Waals surface area contributed by atoms with Crippen LogP contribution in [-0.2, 0) is 18.2 Å². The number of anilines is 2. The van der Waals surface area contributed by atoms with Crippen molar-refractivity contribution in [1.29, 1.82) is 0 Å². The standard InChI is InChI=1S/C26H21F3N8OS/c1-14-9-19(32-22(10-14)33-21-12-17(6-8-30-21)26(27,28)29)20-13-31-24(39-20)25(38)7-2-3-15-11-16(4-5-18(15)25)23-34-36-37-35-23/h4-6,8-13,38H,2-3,7H2,1H3,(H,30,32,33)(H,34,35,36,37)/t25-/m1/s1. The van der Waals surface area contributed by atoms with Crippen LogP contribution in [0.2, 0.25) is 0 Å². The van der Waals surface area contributed by atoms with Crippen molar-refractivity contribution < 1.29 is 18.3 Å². The molecule has 0 saturated heterocycles. The number of aryl methyl sites for hydroxylation is 2. The summed E-state index contributed by atoms with van der Waals surface area (Å²) in [6, 6.07) is 11.2. The van der Waals surface area contributed by atoms with Crippen LogP contribution in [0.3, 0.4) is 0 Å². The van der Waals surface area contributed by atoms with E-state index < -0.39 is 17.3 Å². The third-order valence-corrected chi connectivity index (χ3v) is 7.73. The molecule has 0 amide bonds. The van der Waals surface area contributed by atoms with Crippen LogP contribution >= 0.6 is 11.3 Å². The Balaban J connectivity index is 1.30. The van der Waals surface area contributed by atoms with Crippen molar-refractivity contribution in [3.63, 3.8) is 0 Å². The molecule has 4 aromatic heterocycles. The summed E-state index contributed by atoms with van der Waals surface area (Å²) in [7, 11) is 0. The van der Waals surface area contributed by atoms with Gasteiger partial charge in [-0.3, -0.25) is 0 Å². The molecule has 0 bridgehead atoms. The Hall–Kier alpha value is -4.23. The van der Waals surface area contributed by atoms with E-state index in [2.05, 4.69) is 40.9 Å². The summed E-state index contributed by atoms with van der Waals surface area (Å²) in [4.78, 5) is 13.9. The number of fused-ring (bicyclic) bond motifs is 1. The smallest absolute Gasteiger partial charge is 0.378 e. The van der Waals surface area contributed by atoms with Gasteiger partial charge < -0.3 is 10.4 Å².